The van der Waals surface area contributed by atoms with Crippen LogP contribution >= 0.6 is 0 Å². The molecule has 0 aromatic carbocycles. The van der Waals surface area contributed by atoms with Gasteiger partial charge in [0.1, 0.15) is 0 Å². The van der Waals surface area contributed by atoms with Gasteiger partial charge < -0.3 is 5.73 Å². The molecular weight excluding hydrogens is 80.0 g/mol. The molecule has 0 bridgehead atoms. The number of amides is 1. The van der Waals surface area contributed by atoms with E-state index in [1.54, 1.807) is 0 Å². The standard InChI is InChI=1S/C3H4N2O/c4-1-2-5-3-6/h3H,4H2,(H,5,6). The van der Waals surface area contributed by atoms with E-state index in [-0.39, 0.29) is 0 Å². The van der Waals surface area contributed by atoms with Gasteiger partial charge in [-0.15, -0.1) is 0 Å². The minimum atomic E-state index is 0.458. The molecule has 0 aliphatic heterocycles. The molecule has 3 heteroatoms. The van der Waals surface area contributed by atoms with Gasteiger partial charge in [-0.05, 0) is 0 Å². The van der Waals surface area contributed by atoms with Crippen molar-refractivity contribution in [2.24, 2.45) is 5.73 Å². The molecule has 0 radical (unpaired) electrons. The molecule has 3 N–H and O–H groups in total. The van der Waals surface area contributed by atoms with Gasteiger partial charge in [0.05, 0.1) is 0 Å². The number of rotatable bonds is 1. The van der Waals surface area contributed by atoms with Crippen molar-refractivity contribution >= 4 is 6.41 Å². The van der Waals surface area contributed by atoms with Gasteiger partial charge in [-0.25, -0.2) is 0 Å². The van der Waals surface area contributed by atoms with E-state index in [4.69, 9.17) is 0 Å². The zero-order chi connectivity index (χ0) is 4.83. The fourth-order valence-electron chi connectivity index (χ4n) is 0.0711. The predicted octanol–water partition coefficient (Wildman–Crippen LogP) is -1.39. The lowest BCUT2D eigenvalue weighted by Gasteiger charge is -1.67. The van der Waals surface area contributed by atoms with Gasteiger partial charge in [-0.2, -0.15) is 0 Å². The first kappa shape index (κ1) is 4.83. The van der Waals surface area contributed by atoms with Crippen LogP contribution < -0.4 is 11.1 Å². The molecule has 0 aromatic rings. The molecule has 0 spiro atoms. The first-order chi connectivity index (χ1) is 2.91. The van der Waals surface area contributed by atoms with Crippen molar-refractivity contribution in [3.8, 4) is 12.1 Å². The van der Waals surface area contributed by atoms with Gasteiger partial charge in [0, 0.05) is 12.1 Å². The summed E-state index contributed by atoms with van der Waals surface area (Å²) >= 11 is 0. The summed E-state index contributed by atoms with van der Waals surface area (Å²) in [6.07, 6.45) is 0.458. The second kappa shape index (κ2) is 3.83. The smallest absolute Gasteiger partial charge is 0.218 e. The van der Waals surface area contributed by atoms with Crippen molar-refractivity contribution in [2.75, 3.05) is 0 Å². The number of hydrogen-bond donors (Lipinski definition) is 2. The summed E-state index contributed by atoms with van der Waals surface area (Å²) in [6, 6.07) is 4.08. The minimum Gasteiger partial charge on any atom is -0.358 e. The highest BCUT2D eigenvalue weighted by molar-refractivity contribution is 5.49. The highest BCUT2D eigenvalue weighted by Gasteiger charge is 1.54. The number of carbonyl (C=O) groups excluding carboxylic acids is 1. The molecule has 1 amide bonds. The average Bonchev–Trinajstić information content (AvgIpc) is 1.61. The maximum Gasteiger partial charge on any atom is 0.218 e. The zero-order valence-corrected chi connectivity index (χ0v) is 3.06. The summed E-state index contributed by atoms with van der Waals surface area (Å²) in [5, 5.41) is 2.03. The minimum absolute atomic E-state index is 0.458. The monoisotopic (exact) mass is 84.0 g/mol. The van der Waals surface area contributed by atoms with Gasteiger partial charge in [-0.1, -0.05) is 0 Å². The molecule has 0 unspecified atom stereocenters. The van der Waals surface area contributed by atoms with E-state index in [9.17, 15) is 4.79 Å². The van der Waals surface area contributed by atoms with E-state index in [1.807, 2.05) is 11.4 Å². The predicted molar refractivity (Wildman–Crippen MR) is 21.2 cm³/mol. The molecule has 0 heterocycles. The largest absolute Gasteiger partial charge is 0.358 e. The number of carbonyl (C=O) groups is 1. The average molecular weight is 84.1 g/mol. The van der Waals surface area contributed by atoms with Crippen molar-refractivity contribution in [2.45, 2.75) is 0 Å². The quantitative estimate of drug-likeness (QED) is 0.233. The lowest BCUT2D eigenvalue weighted by atomic mass is 11.0. The summed E-state index contributed by atoms with van der Waals surface area (Å²) < 4.78 is 0. The molecule has 32 valence electrons. The van der Waals surface area contributed by atoms with E-state index in [2.05, 4.69) is 11.8 Å². The Bertz CT molecular complexity index is 88.7. The van der Waals surface area contributed by atoms with Crippen molar-refractivity contribution < 1.29 is 4.79 Å². The summed E-state index contributed by atoms with van der Waals surface area (Å²) in [4.78, 5) is 9.29. The SMILES string of the molecule is NC#CNC=O. The highest BCUT2D eigenvalue weighted by atomic mass is 16.1. The Balaban J connectivity index is 3.00. The van der Waals surface area contributed by atoms with Crippen molar-refractivity contribution in [3.63, 3.8) is 0 Å². The molecule has 0 atom stereocenters. The Morgan fingerprint density at radius 2 is 2.50 bits per heavy atom. The Morgan fingerprint density at radius 3 is 2.67 bits per heavy atom. The summed E-state index contributed by atoms with van der Waals surface area (Å²) in [5.74, 6) is 0. The van der Waals surface area contributed by atoms with E-state index in [1.165, 1.54) is 0 Å². The van der Waals surface area contributed by atoms with Crippen LogP contribution in [0.5, 0.6) is 0 Å². The fourth-order valence-corrected chi connectivity index (χ4v) is 0.0711. The summed E-state index contributed by atoms with van der Waals surface area (Å²) in [6.45, 7) is 0. The molecule has 0 aliphatic carbocycles. The lowest BCUT2D eigenvalue weighted by molar-refractivity contribution is -0.108. The van der Waals surface area contributed by atoms with Crippen LogP contribution in [0.25, 0.3) is 0 Å². The first-order valence-corrected chi connectivity index (χ1v) is 1.31. The third kappa shape index (κ3) is 2.83. The van der Waals surface area contributed by atoms with Crippen molar-refractivity contribution in [3.05, 3.63) is 0 Å². The molecule has 0 fully saturated rings. The van der Waals surface area contributed by atoms with E-state index >= 15 is 0 Å². The topological polar surface area (TPSA) is 55.1 Å². The fraction of sp³-hybridized carbons (Fsp3) is 0. The van der Waals surface area contributed by atoms with Crippen LogP contribution in [0.15, 0.2) is 0 Å². The van der Waals surface area contributed by atoms with Gasteiger partial charge in [-0.3, -0.25) is 10.1 Å². The molecule has 0 saturated heterocycles. The third-order valence-electron chi connectivity index (χ3n) is 0.203. The molecule has 6 heavy (non-hydrogen) atoms. The van der Waals surface area contributed by atoms with Crippen molar-refractivity contribution in [1.29, 1.82) is 0 Å². The number of hydrogen-bond acceptors (Lipinski definition) is 2. The molecule has 0 rings (SSSR count). The molecule has 0 saturated carbocycles. The molecule has 0 aromatic heterocycles. The molecule has 3 nitrogen and oxygen atoms in total. The van der Waals surface area contributed by atoms with Crippen LogP contribution in [0.3, 0.4) is 0 Å². The van der Waals surface area contributed by atoms with Crippen LogP contribution in [0.4, 0.5) is 0 Å². The van der Waals surface area contributed by atoms with Crippen LogP contribution in [-0.4, -0.2) is 6.41 Å². The van der Waals surface area contributed by atoms with Crippen LogP contribution in [0.2, 0.25) is 0 Å². The third-order valence-corrected chi connectivity index (χ3v) is 0.203. The highest BCUT2D eigenvalue weighted by Crippen LogP contribution is 1.27. The van der Waals surface area contributed by atoms with Gasteiger partial charge in [0.25, 0.3) is 0 Å². The van der Waals surface area contributed by atoms with Gasteiger partial charge in [0.15, 0.2) is 0 Å². The van der Waals surface area contributed by atoms with Crippen LogP contribution in [0, 0.1) is 12.1 Å². The molecule has 0 aliphatic rings. The normalized spacial score (nSPS) is 4.67. The Kier molecular flexibility index (Phi) is 3.08. The summed E-state index contributed by atoms with van der Waals surface area (Å²) in [7, 11) is 0. The van der Waals surface area contributed by atoms with Crippen LogP contribution in [0.1, 0.15) is 0 Å². The maximum atomic E-state index is 9.29. The second-order valence-electron chi connectivity index (χ2n) is 0.532. The van der Waals surface area contributed by atoms with Crippen LogP contribution in [-0.2, 0) is 4.79 Å². The van der Waals surface area contributed by atoms with E-state index < -0.39 is 0 Å². The zero-order valence-electron chi connectivity index (χ0n) is 3.06. The van der Waals surface area contributed by atoms with Gasteiger partial charge in [0.2, 0.25) is 6.41 Å². The second-order valence-corrected chi connectivity index (χ2v) is 0.532. The maximum absolute atomic E-state index is 9.29. The first-order valence-electron chi connectivity index (χ1n) is 1.31. The molecular formula is C3H4N2O. The Morgan fingerprint density at radius 1 is 1.83 bits per heavy atom. The Labute approximate surface area is 35.5 Å². The van der Waals surface area contributed by atoms with Crippen molar-refractivity contribution in [1.82, 2.24) is 5.32 Å². The Hall–Kier alpha value is -1.17. The number of nitrogens with one attached hydrogen (secondary N) is 1. The number of nitrogens with two attached hydrogens (primary N) is 1. The van der Waals surface area contributed by atoms with E-state index in [0.717, 1.165) is 0 Å². The lowest BCUT2D eigenvalue weighted by Crippen LogP contribution is -2.00. The summed E-state index contributed by atoms with van der Waals surface area (Å²) in [5.41, 5.74) is 4.63. The van der Waals surface area contributed by atoms with Gasteiger partial charge >= 0.3 is 0 Å². The van der Waals surface area contributed by atoms with E-state index in [0.29, 0.717) is 6.41 Å².